The third-order valence-electron chi connectivity index (χ3n) is 3.41. The Labute approximate surface area is 117 Å². The Morgan fingerprint density at radius 3 is 2.85 bits per heavy atom. The predicted octanol–water partition coefficient (Wildman–Crippen LogP) is 1.61. The van der Waals surface area contributed by atoms with E-state index in [4.69, 9.17) is 9.84 Å². The minimum Gasteiger partial charge on any atom is -0.478 e. The molecule has 5 heteroatoms. The second kappa shape index (κ2) is 6.52. The zero-order valence-corrected chi connectivity index (χ0v) is 11.5. The van der Waals surface area contributed by atoms with Gasteiger partial charge in [-0.3, -0.25) is 4.79 Å². The highest BCUT2D eigenvalue weighted by Crippen LogP contribution is 2.18. The molecule has 1 heterocycles. The minimum absolute atomic E-state index is 0.0799. The molecule has 2 rings (SSSR count). The SMILES string of the molecule is C[C@H]1CC[C@@H](C(=O)NCCc2cccc(C(=O)O)c2)O1. The van der Waals surface area contributed by atoms with E-state index in [1.807, 2.05) is 13.0 Å². The molecule has 2 atom stereocenters. The second-order valence-corrected chi connectivity index (χ2v) is 5.06. The van der Waals surface area contributed by atoms with Gasteiger partial charge in [-0.2, -0.15) is 0 Å². The van der Waals surface area contributed by atoms with Crippen molar-refractivity contribution in [2.45, 2.75) is 38.4 Å². The Morgan fingerprint density at radius 2 is 2.20 bits per heavy atom. The standard InChI is InChI=1S/C15H19NO4/c1-10-5-6-13(20-10)14(17)16-8-7-11-3-2-4-12(9-11)15(18)19/h2-4,9-10,13H,5-8H2,1H3,(H,16,17)(H,18,19)/t10-,13-/m0/s1. The fourth-order valence-electron chi connectivity index (χ4n) is 2.30. The maximum Gasteiger partial charge on any atom is 0.335 e. The summed E-state index contributed by atoms with van der Waals surface area (Å²) in [6.07, 6.45) is 2.10. The van der Waals surface area contributed by atoms with Crippen molar-refractivity contribution in [1.82, 2.24) is 5.32 Å². The van der Waals surface area contributed by atoms with Gasteiger partial charge in [0.2, 0.25) is 5.91 Å². The number of ether oxygens (including phenoxy) is 1. The molecule has 0 aromatic heterocycles. The normalized spacial score (nSPS) is 21.6. The molecule has 1 fully saturated rings. The summed E-state index contributed by atoms with van der Waals surface area (Å²) in [7, 11) is 0. The Hall–Kier alpha value is -1.88. The minimum atomic E-state index is -0.941. The van der Waals surface area contributed by atoms with Crippen molar-refractivity contribution in [3.8, 4) is 0 Å². The highest BCUT2D eigenvalue weighted by molar-refractivity contribution is 5.87. The van der Waals surface area contributed by atoms with Crippen molar-refractivity contribution in [1.29, 1.82) is 0 Å². The number of rotatable bonds is 5. The first-order valence-electron chi connectivity index (χ1n) is 6.81. The summed E-state index contributed by atoms with van der Waals surface area (Å²) in [4.78, 5) is 22.7. The number of benzene rings is 1. The van der Waals surface area contributed by atoms with E-state index in [0.717, 1.165) is 18.4 Å². The van der Waals surface area contributed by atoms with Gasteiger partial charge in [-0.1, -0.05) is 12.1 Å². The van der Waals surface area contributed by atoms with Crippen LogP contribution in [0.15, 0.2) is 24.3 Å². The van der Waals surface area contributed by atoms with Gasteiger partial charge in [0, 0.05) is 6.54 Å². The van der Waals surface area contributed by atoms with Crippen LogP contribution in [0.3, 0.4) is 0 Å². The molecular weight excluding hydrogens is 258 g/mol. The Kier molecular flexibility index (Phi) is 4.74. The summed E-state index contributed by atoms with van der Waals surface area (Å²) in [6, 6.07) is 6.75. The van der Waals surface area contributed by atoms with E-state index in [0.29, 0.717) is 13.0 Å². The average Bonchev–Trinajstić information content (AvgIpc) is 2.86. The molecule has 2 N–H and O–H groups in total. The van der Waals surface area contributed by atoms with Crippen LogP contribution in [0.2, 0.25) is 0 Å². The quantitative estimate of drug-likeness (QED) is 0.857. The summed E-state index contributed by atoms with van der Waals surface area (Å²) < 4.78 is 5.49. The monoisotopic (exact) mass is 277 g/mol. The Bertz CT molecular complexity index is 500. The van der Waals surface area contributed by atoms with Gasteiger partial charge < -0.3 is 15.2 Å². The van der Waals surface area contributed by atoms with Crippen LogP contribution in [0.1, 0.15) is 35.7 Å². The maximum absolute atomic E-state index is 11.8. The summed E-state index contributed by atoms with van der Waals surface area (Å²) in [5.41, 5.74) is 1.16. The van der Waals surface area contributed by atoms with Crippen LogP contribution in [0.5, 0.6) is 0 Å². The molecule has 1 aliphatic rings. The van der Waals surface area contributed by atoms with E-state index in [1.165, 1.54) is 0 Å². The topological polar surface area (TPSA) is 75.6 Å². The number of carbonyl (C=O) groups is 2. The number of hydrogen-bond acceptors (Lipinski definition) is 3. The van der Waals surface area contributed by atoms with Crippen molar-refractivity contribution >= 4 is 11.9 Å². The van der Waals surface area contributed by atoms with E-state index in [-0.39, 0.29) is 23.7 Å². The number of hydrogen-bond donors (Lipinski definition) is 2. The molecule has 0 saturated carbocycles. The lowest BCUT2D eigenvalue weighted by molar-refractivity contribution is -0.131. The van der Waals surface area contributed by atoms with Crippen molar-refractivity contribution in [3.63, 3.8) is 0 Å². The van der Waals surface area contributed by atoms with Gasteiger partial charge in [0.05, 0.1) is 11.7 Å². The number of carboxylic acids is 1. The van der Waals surface area contributed by atoms with Gasteiger partial charge in [-0.25, -0.2) is 4.79 Å². The number of carboxylic acid groups (broad SMARTS) is 1. The van der Waals surface area contributed by atoms with Crippen molar-refractivity contribution in [2.24, 2.45) is 0 Å². The molecule has 0 radical (unpaired) electrons. The first-order chi connectivity index (χ1) is 9.56. The Balaban J connectivity index is 1.79. The van der Waals surface area contributed by atoms with Crippen LogP contribution >= 0.6 is 0 Å². The van der Waals surface area contributed by atoms with Crippen LogP contribution in [-0.2, 0) is 16.0 Å². The smallest absolute Gasteiger partial charge is 0.335 e. The highest BCUT2D eigenvalue weighted by atomic mass is 16.5. The average molecular weight is 277 g/mol. The molecule has 0 spiro atoms. The molecule has 0 bridgehead atoms. The molecule has 108 valence electrons. The third-order valence-corrected chi connectivity index (χ3v) is 3.41. The van der Waals surface area contributed by atoms with Gasteiger partial charge in [0.25, 0.3) is 0 Å². The van der Waals surface area contributed by atoms with Crippen LogP contribution in [-0.4, -0.2) is 35.7 Å². The summed E-state index contributed by atoms with van der Waals surface area (Å²) in [6.45, 7) is 2.45. The van der Waals surface area contributed by atoms with Gasteiger partial charge in [0.1, 0.15) is 6.10 Å². The summed E-state index contributed by atoms with van der Waals surface area (Å²) >= 11 is 0. The van der Waals surface area contributed by atoms with Gasteiger partial charge in [-0.05, 0) is 43.9 Å². The van der Waals surface area contributed by atoms with Crippen molar-refractivity contribution in [2.75, 3.05) is 6.54 Å². The number of aromatic carboxylic acids is 1. The molecule has 1 amide bonds. The number of amides is 1. The predicted molar refractivity (Wildman–Crippen MR) is 73.7 cm³/mol. The van der Waals surface area contributed by atoms with Crippen molar-refractivity contribution < 1.29 is 19.4 Å². The Morgan fingerprint density at radius 1 is 1.40 bits per heavy atom. The van der Waals surface area contributed by atoms with Crippen LogP contribution in [0, 0.1) is 0 Å². The molecule has 1 saturated heterocycles. The highest BCUT2D eigenvalue weighted by Gasteiger charge is 2.27. The first-order valence-corrected chi connectivity index (χ1v) is 6.81. The van der Waals surface area contributed by atoms with Gasteiger partial charge >= 0.3 is 5.97 Å². The first kappa shape index (κ1) is 14.5. The van der Waals surface area contributed by atoms with Crippen molar-refractivity contribution in [3.05, 3.63) is 35.4 Å². The van der Waals surface area contributed by atoms with Crippen LogP contribution in [0.4, 0.5) is 0 Å². The maximum atomic E-state index is 11.8. The molecule has 1 aromatic rings. The molecule has 0 aliphatic carbocycles. The largest absolute Gasteiger partial charge is 0.478 e. The molecular formula is C15H19NO4. The van der Waals surface area contributed by atoms with E-state index >= 15 is 0 Å². The van der Waals surface area contributed by atoms with E-state index < -0.39 is 5.97 Å². The fourth-order valence-corrected chi connectivity index (χ4v) is 2.30. The number of carbonyl (C=O) groups excluding carboxylic acids is 1. The lowest BCUT2D eigenvalue weighted by atomic mass is 10.1. The lowest BCUT2D eigenvalue weighted by Crippen LogP contribution is -2.35. The molecule has 0 unspecified atom stereocenters. The van der Waals surface area contributed by atoms with Crippen LogP contribution < -0.4 is 5.32 Å². The molecule has 5 nitrogen and oxygen atoms in total. The van der Waals surface area contributed by atoms with Gasteiger partial charge in [-0.15, -0.1) is 0 Å². The summed E-state index contributed by atoms with van der Waals surface area (Å²) in [5.74, 6) is -1.02. The zero-order valence-electron chi connectivity index (χ0n) is 11.5. The van der Waals surface area contributed by atoms with Gasteiger partial charge in [0.15, 0.2) is 0 Å². The van der Waals surface area contributed by atoms with E-state index in [2.05, 4.69) is 5.32 Å². The molecule has 1 aromatic carbocycles. The van der Waals surface area contributed by atoms with E-state index in [1.54, 1.807) is 18.2 Å². The molecule has 20 heavy (non-hydrogen) atoms. The number of nitrogens with one attached hydrogen (secondary N) is 1. The van der Waals surface area contributed by atoms with E-state index in [9.17, 15) is 9.59 Å². The fraction of sp³-hybridized carbons (Fsp3) is 0.467. The van der Waals surface area contributed by atoms with Crippen LogP contribution in [0.25, 0.3) is 0 Å². The summed E-state index contributed by atoms with van der Waals surface area (Å²) in [5, 5.41) is 11.7. The molecule has 1 aliphatic heterocycles. The third kappa shape index (κ3) is 3.81. The second-order valence-electron chi connectivity index (χ2n) is 5.06. The lowest BCUT2D eigenvalue weighted by Gasteiger charge is -2.11. The zero-order chi connectivity index (χ0) is 14.5.